The largest absolute Gasteiger partial charge is 0.493 e. The molecule has 1 aromatic rings. The number of ether oxygens (including phenoxy) is 3. The van der Waals surface area contributed by atoms with E-state index in [4.69, 9.17) is 19.3 Å². The van der Waals surface area contributed by atoms with Gasteiger partial charge in [-0.3, -0.25) is 4.79 Å². The number of carbonyl (C=O) groups excluding carboxylic acids is 1. The van der Waals surface area contributed by atoms with Gasteiger partial charge in [0.25, 0.3) is 0 Å². The molecule has 1 N–H and O–H groups in total. The molecule has 0 aliphatic carbocycles. The smallest absolute Gasteiger partial charge is 0.337 e. The molecule has 0 radical (unpaired) electrons. The van der Waals surface area contributed by atoms with Crippen LogP contribution in [0.25, 0.3) is 0 Å². The van der Waals surface area contributed by atoms with Gasteiger partial charge in [-0.1, -0.05) is 13.8 Å². The highest BCUT2D eigenvalue weighted by atomic mass is 16.5. The highest BCUT2D eigenvalue weighted by Gasteiger charge is 2.30. The minimum atomic E-state index is -0.940. The molecule has 0 atom stereocenters. The van der Waals surface area contributed by atoms with Crippen molar-refractivity contribution >= 4 is 11.9 Å². The van der Waals surface area contributed by atoms with Gasteiger partial charge in [0, 0.05) is 11.0 Å². The van der Waals surface area contributed by atoms with Crippen LogP contribution in [0.4, 0.5) is 0 Å². The lowest BCUT2D eigenvalue weighted by Gasteiger charge is -2.27. The molecule has 0 aliphatic heterocycles. The third kappa shape index (κ3) is 3.65. The van der Waals surface area contributed by atoms with Crippen molar-refractivity contribution in [3.63, 3.8) is 0 Å². The Balaban J connectivity index is 3.53. The fraction of sp³-hybridized carbons (Fsp3) is 0.467. The van der Waals surface area contributed by atoms with Gasteiger partial charge < -0.3 is 19.3 Å². The van der Waals surface area contributed by atoms with Crippen LogP contribution in [-0.2, 0) is 14.9 Å². The maximum Gasteiger partial charge on any atom is 0.337 e. The van der Waals surface area contributed by atoms with Crippen LogP contribution in [0, 0.1) is 0 Å². The molecule has 1 aromatic carbocycles. The van der Waals surface area contributed by atoms with Crippen LogP contribution in [0.1, 0.15) is 36.2 Å². The summed E-state index contributed by atoms with van der Waals surface area (Å²) in [7, 11) is 4.20. The van der Waals surface area contributed by atoms with Crippen LogP contribution in [0.2, 0.25) is 0 Å². The Kier molecular flexibility index (Phi) is 5.18. The minimum absolute atomic E-state index is 0.114. The summed E-state index contributed by atoms with van der Waals surface area (Å²) in [5.74, 6) is -0.696. The topological polar surface area (TPSA) is 82.1 Å². The van der Waals surface area contributed by atoms with E-state index in [1.807, 2.05) is 0 Å². The predicted octanol–water partition coefficient (Wildman–Crippen LogP) is 2.24. The van der Waals surface area contributed by atoms with Gasteiger partial charge in [0.1, 0.15) is 0 Å². The van der Waals surface area contributed by atoms with Crippen LogP contribution < -0.4 is 9.47 Å². The average molecular weight is 296 g/mol. The summed E-state index contributed by atoms with van der Waals surface area (Å²) in [6.45, 7) is 3.53. The van der Waals surface area contributed by atoms with Crippen molar-refractivity contribution in [2.75, 3.05) is 21.3 Å². The molecule has 6 heteroatoms. The number of rotatable bonds is 6. The minimum Gasteiger partial charge on any atom is -0.493 e. The first-order valence-electron chi connectivity index (χ1n) is 6.33. The Bertz CT molecular complexity index is 547. The number of hydrogen-bond acceptors (Lipinski definition) is 5. The summed E-state index contributed by atoms with van der Waals surface area (Å²) in [6.07, 6.45) is -0.114. The molecular formula is C15H20O6. The number of methoxy groups -OCH3 is 3. The van der Waals surface area contributed by atoms with Crippen molar-refractivity contribution in [1.82, 2.24) is 0 Å². The lowest BCUT2D eigenvalue weighted by molar-refractivity contribution is -0.138. The second-order valence-corrected chi connectivity index (χ2v) is 5.21. The average Bonchev–Trinajstić information content (AvgIpc) is 2.43. The molecule has 0 amide bonds. The molecule has 0 saturated carbocycles. The summed E-state index contributed by atoms with van der Waals surface area (Å²) in [6, 6.07) is 3.08. The van der Waals surface area contributed by atoms with Crippen LogP contribution in [0.15, 0.2) is 12.1 Å². The molecule has 0 heterocycles. The van der Waals surface area contributed by atoms with E-state index in [-0.39, 0.29) is 12.0 Å². The molecule has 0 saturated heterocycles. The predicted molar refractivity (Wildman–Crippen MR) is 76.2 cm³/mol. The maximum atomic E-state index is 11.7. The Hall–Kier alpha value is -2.24. The highest BCUT2D eigenvalue weighted by Crippen LogP contribution is 2.41. The normalized spacial score (nSPS) is 10.9. The SMILES string of the molecule is COC(=O)c1cc(OC)c(OC)c(C(C)(C)CC(=O)O)c1. The summed E-state index contributed by atoms with van der Waals surface area (Å²) < 4.78 is 15.3. The van der Waals surface area contributed by atoms with E-state index in [0.29, 0.717) is 17.1 Å². The molecular weight excluding hydrogens is 276 g/mol. The van der Waals surface area contributed by atoms with Gasteiger partial charge in [-0.2, -0.15) is 0 Å². The van der Waals surface area contributed by atoms with Gasteiger partial charge in [0.2, 0.25) is 0 Å². The quantitative estimate of drug-likeness (QED) is 0.811. The van der Waals surface area contributed by atoms with Gasteiger partial charge in [-0.25, -0.2) is 4.79 Å². The van der Waals surface area contributed by atoms with Crippen LogP contribution in [-0.4, -0.2) is 38.4 Å². The second kappa shape index (κ2) is 6.47. The summed E-state index contributed by atoms with van der Waals surface area (Å²) in [5, 5.41) is 9.06. The lowest BCUT2D eigenvalue weighted by Crippen LogP contribution is -2.23. The van der Waals surface area contributed by atoms with Gasteiger partial charge in [-0.15, -0.1) is 0 Å². The summed E-state index contributed by atoms with van der Waals surface area (Å²) in [5.41, 5.74) is 0.116. The number of carboxylic acid groups (broad SMARTS) is 1. The van der Waals surface area contributed by atoms with Crippen molar-refractivity contribution in [2.45, 2.75) is 25.7 Å². The number of aliphatic carboxylic acids is 1. The van der Waals surface area contributed by atoms with E-state index >= 15 is 0 Å². The molecule has 1 rings (SSSR count). The van der Waals surface area contributed by atoms with Gasteiger partial charge in [0.15, 0.2) is 11.5 Å². The summed E-state index contributed by atoms with van der Waals surface area (Å²) >= 11 is 0. The number of benzene rings is 1. The Labute approximate surface area is 123 Å². The third-order valence-corrected chi connectivity index (χ3v) is 3.22. The highest BCUT2D eigenvalue weighted by molar-refractivity contribution is 5.91. The van der Waals surface area contributed by atoms with Crippen molar-refractivity contribution in [1.29, 1.82) is 0 Å². The fourth-order valence-corrected chi connectivity index (χ4v) is 2.18. The van der Waals surface area contributed by atoms with Gasteiger partial charge >= 0.3 is 11.9 Å². The van der Waals surface area contributed by atoms with Crippen LogP contribution in [0.3, 0.4) is 0 Å². The Morgan fingerprint density at radius 1 is 1.14 bits per heavy atom. The standard InChI is InChI=1S/C15H20O6/c1-15(2,8-12(16)17)10-6-9(14(18)21-5)7-11(19-3)13(10)20-4/h6-7H,8H2,1-5H3,(H,16,17). The number of esters is 1. The van der Waals surface area contributed by atoms with Crippen LogP contribution >= 0.6 is 0 Å². The first-order valence-corrected chi connectivity index (χ1v) is 6.33. The van der Waals surface area contributed by atoms with E-state index in [1.165, 1.54) is 27.4 Å². The molecule has 0 aliphatic rings. The third-order valence-electron chi connectivity index (χ3n) is 3.22. The zero-order valence-electron chi connectivity index (χ0n) is 12.9. The zero-order chi connectivity index (χ0) is 16.2. The van der Waals surface area contributed by atoms with Crippen LogP contribution in [0.5, 0.6) is 11.5 Å². The van der Waals surface area contributed by atoms with Crippen molar-refractivity contribution in [3.8, 4) is 11.5 Å². The molecule has 6 nitrogen and oxygen atoms in total. The van der Waals surface area contributed by atoms with E-state index < -0.39 is 17.4 Å². The van der Waals surface area contributed by atoms with Gasteiger partial charge in [0.05, 0.1) is 33.3 Å². The molecule has 0 aromatic heterocycles. The fourth-order valence-electron chi connectivity index (χ4n) is 2.18. The number of carbonyl (C=O) groups is 2. The van der Waals surface area contributed by atoms with Crippen molar-refractivity contribution in [3.05, 3.63) is 23.3 Å². The lowest BCUT2D eigenvalue weighted by atomic mass is 9.80. The molecule has 0 bridgehead atoms. The molecule has 21 heavy (non-hydrogen) atoms. The first-order chi connectivity index (χ1) is 9.76. The number of hydrogen-bond donors (Lipinski definition) is 1. The Morgan fingerprint density at radius 2 is 1.76 bits per heavy atom. The second-order valence-electron chi connectivity index (χ2n) is 5.21. The monoisotopic (exact) mass is 296 g/mol. The first kappa shape index (κ1) is 16.8. The van der Waals surface area contributed by atoms with E-state index in [2.05, 4.69) is 0 Å². The van der Waals surface area contributed by atoms with Crippen molar-refractivity contribution in [2.24, 2.45) is 0 Å². The van der Waals surface area contributed by atoms with Gasteiger partial charge in [-0.05, 0) is 12.1 Å². The molecule has 0 fully saturated rings. The molecule has 116 valence electrons. The van der Waals surface area contributed by atoms with Crippen molar-refractivity contribution < 1.29 is 28.9 Å². The summed E-state index contributed by atoms with van der Waals surface area (Å²) in [4.78, 5) is 22.8. The van der Waals surface area contributed by atoms with E-state index in [9.17, 15) is 9.59 Å². The molecule has 0 unspecified atom stereocenters. The Morgan fingerprint density at radius 3 is 2.19 bits per heavy atom. The maximum absolute atomic E-state index is 11.7. The molecule has 0 spiro atoms. The van der Waals surface area contributed by atoms with E-state index in [1.54, 1.807) is 19.9 Å². The zero-order valence-corrected chi connectivity index (χ0v) is 12.9. The number of carboxylic acids is 1. The van der Waals surface area contributed by atoms with E-state index in [0.717, 1.165) is 0 Å².